The Labute approximate surface area is 146 Å². The molecule has 6 heteroatoms. The molecule has 0 N–H and O–H groups in total. The van der Waals surface area contributed by atoms with E-state index >= 15 is 0 Å². The van der Waals surface area contributed by atoms with Crippen LogP contribution in [0.5, 0.6) is 0 Å². The Kier molecular flexibility index (Phi) is 4.16. The van der Waals surface area contributed by atoms with Crippen molar-refractivity contribution in [1.82, 2.24) is 4.98 Å². The van der Waals surface area contributed by atoms with E-state index in [1.807, 2.05) is 42.5 Å². The lowest BCUT2D eigenvalue weighted by Crippen LogP contribution is -2.38. The first-order valence-electron chi connectivity index (χ1n) is 7.84. The number of amides is 1. The summed E-state index contributed by atoms with van der Waals surface area (Å²) in [5.41, 5.74) is 2.97. The van der Waals surface area contributed by atoms with Gasteiger partial charge >= 0.3 is 0 Å². The number of para-hydroxylation sites is 2. The third-order valence-electron chi connectivity index (χ3n) is 4.13. The van der Waals surface area contributed by atoms with Crippen LogP contribution in [0.25, 0.3) is 10.2 Å². The fraction of sp³-hybridized carbons (Fsp3) is 0.222. The zero-order chi connectivity index (χ0) is 16.5. The summed E-state index contributed by atoms with van der Waals surface area (Å²) >= 11 is 1.40. The van der Waals surface area contributed by atoms with Crippen LogP contribution < -0.4 is 4.90 Å². The number of carbonyl (C=O) groups excluding carboxylic acids is 1. The van der Waals surface area contributed by atoms with Crippen LogP contribution in [0.2, 0.25) is 0 Å². The van der Waals surface area contributed by atoms with Gasteiger partial charge in [-0.2, -0.15) is 0 Å². The van der Waals surface area contributed by atoms with Gasteiger partial charge in [-0.1, -0.05) is 30.3 Å². The van der Waals surface area contributed by atoms with Crippen molar-refractivity contribution in [3.8, 4) is 0 Å². The lowest BCUT2D eigenvalue weighted by molar-refractivity contribution is -0.116. The Morgan fingerprint density at radius 2 is 1.96 bits per heavy atom. The molecule has 0 aliphatic carbocycles. The number of nitrogens with zero attached hydrogens (tertiary/aromatic N) is 2. The number of thiazole rings is 1. The van der Waals surface area contributed by atoms with Gasteiger partial charge in [0.05, 0.1) is 21.0 Å². The molecule has 0 fully saturated rings. The van der Waals surface area contributed by atoms with Gasteiger partial charge in [-0.3, -0.25) is 9.00 Å². The molecule has 0 saturated heterocycles. The van der Waals surface area contributed by atoms with E-state index in [4.69, 9.17) is 0 Å². The number of benzene rings is 2. The largest absolute Gasteiger partial charge is 0.311 e. The zero-order valence-corrected chi connectivity index (χ0v) is 14.6. The Hall–Kier alpha value is -2.05. The fourth-order valence-corrected chi connectivity index (χ4v) is 5.21. The van der Waals surface area contributed by atoms with Gasteiger partial charge in [0.15, 0.2) is 4.34 Å². The second-order valence-corrected chi connectivity index (χ2v) is 8.37. The summed E-state index contributed by atoms with van der Waals surface area (Å²) in [7, 11) is -1.41. The van der Waals surface area contributed by atoms with Crippen LogP contribution in [0.3, 0.4) is 0 Å². The predicted molar refractivity (Wildman–Crippen MR) is 98.0 cm³/mol. The number of fused-ring (bicyclic) bond motifs is 2. The highest BCUT2D eigenvalue weighted by molar-refractivity contribution is 7.88. The molecule has 3 aromatic rings. The maximum absolute atomic E-state index is 12.7. The average molecular weight is 356 g/mol. The maximum atomic E-state index is 12.7. The number of hydrogen-bond donors (Lipinski definition) is 0. The molecule has 0 bridgehead atoms. The first-order chi connectivity index (χ1) is 11.7. The first kappa shape index (κ1) is 15.5. The SMILES string of the molecule is O=C(CS(=O)c1nc2ccccc2s1)N1CCCc2ccccc21. The van der Waals surface area contributed by atoms with E-state index in [0.29, 0.717) is 10.9 Å². The summed E-state index contributed by atoms with van der Waals surface area (Å²) in [6, 6.07) is 15.6. The van der Waals surface area contributed by atoms with E-state index in [1.54, 1.807) is 4.90 Å². The van der Waals surface area contributed by atoms with Crippen molar-refractivity contribution in [3.05, 3.63) is 54.1 Å². The molecule has 1 aromatic heterocycles. The van der Waals surface area contributed by atoms with Gasteiger partial charge in [0.25, 0.3) is 0 Å². The van der Waals surface area contributed by atoms with Crippen molar-refractivity contribution in [3.63, 3.8) is 0 Å². The molecule has 1 aliphatic heterocycles. The van der Waals surface area contributed by atoms with E-state index in [-0.39, 0.29) is 11.7 Å². The molecule has 1 amide bonds. The topological polar surface area (TPSA) is 50.3 Å². The molecule has 4 rings (SSSR count). The third kappa shape index (κ3) is 2.87. The molecule has 2 aromatic carbocycles. The fourth-order valence-electron chi connectivity index (χ4n) is 2.99. The molecule has 0 spiro atoms. The van der Waals surface area contributed by atoms with Gasteiger partial charge < -0.3 is 4.90 Å². The van der Waals surface area contributed by atoms with E-state index in [1.165, 1.54) is 16.9 Å². The standard InChI is InChI=1S/C18H16N2O2S2/c21-17(20-11-5-7-13-6-1-3-9-15(13)20)12-24(22)18-19-14-8-2-4-10-16(14)23-18/h1-4,6,8-10H,5,7,11-12H2. The third-order valence-corrected chi connectivity index (χ3v) is 6.76. The normalized spacial score (nSPS) is 15.2. The highest BCUT2D eigenvalue weighted by Crippen LogP contribution is 2.28. The molecule has 24 heavy (non-hydrogen) atoms. The number of anilines is 1. The smallest absolute Gasteiger partial charge is 0.240 e. The summed E-state index contributed by atoms with van der Waals surface area (Å²) in [5.74, 6) is -0.117. The maximum Gasteiger partial charge on any atom is 0.240 e. The van der Waals surface area contributed by atoms with Crippen LogP contribution in [-0.4, -0.2) is 27.4 Å². The number of carbonyl (C=O) groups is 1. The molecule has 2 heterocycles. The van der Waals surface area contributed by atoms with E-state index < -0.39 is 10.8 Å². The van der Waals surface area contributed by atoms with Gasteiger partial charge in [0.1, 0.15) is 5.75 Å². The lowest BCUT2D eigenvalue weighted by atomic mass is 10.0. The predicted octanol–water partition coefficient (Wildman–Crippen LogP) is 3.38. The summed E-state index contributed by atoms with van der Waals surface area (Å²) in [5, 5.41) is 0. The Morgan fingerprint density at radius 1 is 1.17 bits per heavy atom. The van der Waals surface area contributed by atoms with Gasteiger partial charge in [-0.25, -0.2) is 4.98 Å². The second-order valence-electron chi connectivity index (χ2n) is 5.71. The van der Waals surface area contributed by atoms with Crippen LogP contribution in [0.15, 0.2) is 52.9 Å². The molecule has 122 valence electrons. The zero-order valence-electron chi connectivity index (χ0n) is 13.0. The number of hydrogen-bond acceptors (Lipinski definition) is 4. The Morgan fingerprint density at radius 3 is 2.83 bits per heavy atom. The van der Waals surface area contributed by atoms with Gasteiger partial charge in [0.2, 0.25) is 5.91 Å². The molecule has 1 atom stereocenters. The number of aryl methyl sites for hydroxylation is 1. The highest BCUT2D eigenvalue weighted by Gasteiger charge is 2.24. The van der Waals surface area contributed by atoms with Crippen molar-refractivity contribution >= 4 is 43.9 Å². The quantitative estimate of drug-likeness (QED) is 0.723. The Balaban J connectivity index is 1.55. The highest BCUT2D eigenvalue weighted by atomic mass is 32.2. The molecule has 1 unspecified atom stereocenters. The van der Waals surface area contributed by atoms with E-state index in [2.05, 4.69) is 11.1 Å². The molecule has 4 nitrogen and oxygen atoms in total. The molecular formula is C18H16N2O2S2. The minimum Gasteiger partial charge on any atom is -0.311 e. The van der Waals surface area contributed by atoms with Gasteiger partial charge in [0, 0.05) is 12.2 Å². The Bertz CT molecular complexity index is 902. The monoisotopic (exact) mass is 356 g/mol. The second kappa shape index (κ2) is 6.45. The lowest BCUT2D eigenvalue weighted by Gasteiger charge is -2.29. The van der Waals surface area contributed by atoms with Crippen molar-refractivity contribution in [2.75, 3.05) is 17.2 Å². The van der Waals surface area contributed by atoms with Gasteiger partial charge in [-0.15, -0.1) is 11.3 Å². The summed E-state index contributed by atoms with van der Waals surface area (Å²) in [6.45, 7) is 0.687. The molecular weight excluding hydrogens is 340 g/mol. The van der Waals surface area contributed by atoms with Crippen LogP contribution in [0.1, 0.15) is 12.0 Å². The van der Waals surface area contributed by atoms with Crippen LogP contribution in [0.4, 0.5) is 5.69 Å². The summed E-state index contributed by atoms with van der Waals surface area (Å²) in [6.07, 6.45) is 1.93. The van der Waals surface area contributed by atoms with Gasteiger partial charge in [-0.05, 0) is 36.6 Å². The van der Waals surface area contributed by atoms with E-state index in [9.17, 15) is 9.00 Å². The minimum atomic E-state index is -1.41. The van der Waals surface area contributed by atoms with Crippen molar-refractivity contribution in [2.45, 2.75) is 17.2 Å². The first-order valence-corrected chi connectivity index (χ1v) is 9.98. The van der Waals surface area contributed by atoms with E-state index in [0.717, 1.165) is 28.7 Å². The molecule has 0 saturated carbocycles. The van der Waals surface area contributed by atoms with Crippen LogP contribution in [0, 0.1) is 0 Å². The van der Waals surface area contributed by atoms with Crippen LogP contribution in [-0.2, 0) is 22.0 Å². The number of rotatable bonds is 3. The van der Waals surface area contributed by atoms with Crippen molar-refractivity contribution in [2.24, 2.45) is 0 Å². The van der Waals surface area contributed by atoms with Crippen LogP contribution >= 0.6 is 11.3 Å². The number of aromatic nitrogens is 1. The van der Waals surface area contributed by atoms with Crippen molar-refractivity contribution < 1.29 is 9.00 Å². The minimum absolute atomic E-state index is 0.0197. The molecule has 1 aliphatic rings. The summed E-state index contributed by atoms with van der Waals surface area (Å²) in [4.78, 5) is 18.8. The van der Waals surface area contributed by atoms with Crippen molar-refractivity contribution in [1.29, 1.82) is 0 Å². The molecule has 0 radical (unpaired) electrons. The average Bonchev–Trinajstić information content (AvgIpc) is 3.05. The summed E-state index contributed by atoms with van der Waals surface area (Å²) < 4.78 is 14.1.